The first-order valence-corrected chi connectivity index (χ1v) is 16.9. The van der Waals surface area contributed by atoms with Crippen LogP contribution in [-0.2, 0) is 18.9 Å². The Hall–Kier alpha value is -4.56. The molecule has 0 bridgehead atoms. The molecule has 258 valence electrons. The Kier molecular flexibility index (Phi) is 12.7. The highest BCUT2D eigenvalue weighted by atomic mass is 32.1. The Balaban J connectivity index is 1.95. The lowest BCUT2D eigenvalue weighted by molar-refractivity contribution is 0.0360. The van der Waals surface area contributed by atoms with Crippen LogP contribution >= 0.6 is 22.7 Å². The van der Waals surface area contributed by atoms with Crippen molar-refractivity contribution in [2.75, 3.05) is 10.6 Å². The van der Waals surface area contributed by atoms with Gasteiger partial charge in [-0.2, -0.15) is 0 Å². The lowest BCUT2D eigenvalue weighted by Gasteiger charge is -2.11. The highest BCUT2D eigenvalue weighted by molar-refractivity contribution is 7.19. The largest absolute Gasteiger partial charge is 0.459 e. The first-order valence-electron chi connectivity index (χ1n) is 15.2. The van der Waals surface area contributed by atoms with Gasteiger partial charge in [-0.05, 0) is 98.6 Å². The van der Waals surface area contributed by atoms with Crippen LogP contribution in [0.25, 0.3) is 0 Å². The Bertz CT molecular complexity index is 1610. The van der Waals surface area contributed by atoms with Gasteiger partial charge in [-0.25, -0.2) is 19.2 Å². The molecule has 0 aliphatic rings. The van der Waals surface area contributed by atoms with Crippen LogP contribution in [0.4, 0.5) is 10.0 Å². The average Bonchev–Trinajstić information content (AvgIpc) is 3.47. The van der Waals surface area contributed by atoms with Gasteiger partial charge in [0.15, 0.2) is 0 Å². The molecule has 0 saturated carbocycles. The quantitative estimate of drug-likeness (QED) is 0.146. The Morgan fingerprint density at radius 2 is 0.854 bits per heavy atom. The molecule has 2 amide bonds. The molecule has 0 spiro atoms. The van der Waals surface area contributed by atoms with E-state index >= 15 is 0 Å². The van der Waals surface area contributed by atoms with Gasteiger partial charge in [0.05, 0.1) is 35.5 Å². The topological polar surface area (TPSA) is 163 Å². The number of thiophene rings is 2. The molecule has 0 fully saturated rings. The molecule has 0 aliphatic heterocycles. The maximum Gasteiger partial charge on any atom is 0.348 e. The summed E-state index contributed by atoms with van der Waals surface area (Å²) < 4.78 is 21.4. The standard InChI is InChI=1S/C34H40N2O10S2/c1-15(2)43-31(39)23-19(9)25(33(41)45-17(5)6)47-29(23)35-27(37)21-12-11-13-22(14-21)28(38)36-30-24(32(40)44-16(3)4)20(10)26(48-30)34(42)46-18(7)8/h11-18H,1-10H3,(H,35,37)(H,36,38). The SMILES string of the molecule is Cc1c(C(=O)OC(C)C)sc(NC(=O)c2cccc(C(=O)Nc3sc(C(=O)OC(C)C)c(C)c3C(=O)OC(C)C)c2)c1C(=O)OC(C)C. The number of amides is 2. The molecule has 3 rings (SSSR count). The lowest BCUT2D eigenvalue weighted by atomic mass is 10.1. The van der Waals surface area contributed by atoms with E-state index in [-0.39, 0.29) is 42.0 Å². The number of ether oxygens (including phenoxy) is 4. The number of hydrogen-bond donors (Lipinski definition) is 2. The predicted molar refractivity (Wildman–Crippen MR) is 183 cm³/mol. The second-order valence-electron chi connectivity index (χ2n) is 11.8. The second-order valence-corrected chi connectivity index (χ2v) is 13.9. The van der Waals surface area contributed by atoms with Gasteiger partial charge >= 0.3 is 23.9 Å². The van der Waals surface area contributed by atoms with Crippen molar-refractivity contribution in [3.8, 4) is 0 Å². The van der Waals surface area contributed by atoms with Gasteiger partial charge in [-0.1, -0.05) is 6.07 Å². The maximum atomic E-state index is 13.5. The molecule has 0 aliphatic carbocycles. The van der Waals surface area contributed by atoms with Crippen molar-refractivity contribution in [2.24, 2.45) is 0 Å². The van der Waals surface area contributed by atoms with E-state index in [1.807, 2.05) is 0 Å². The third-order valence-electron chi connectivity index (χ3n) is 6.28. The summed E-state index contributed by atoms with van der Waals surface area (Å²) in [6.45, 7) is 16.6. The smallest absolute Gasteiger partial charge is 0.348 e. The number of carbonyl (C=O) groups is 6. The summed E-state index contributed by atoms with van der Waals surface area (Å²) in [6, 6.07) is 5.74. The molecular formula is C34H40N2O10S2. The lowest BCUT2D eigenvalue weighted by Crippen LogP contribution is -2.19. The monoisotopic (exact) mass is 700 g/mol. The van der Waals surface area contributed by atoms with Crippen molar-refractivity contribution in [2.45, 2.75) is 93.7 Å². The van der Waals surface area contributed by atoms with Crippen LogP contribution in [0.15, 0.2) is 24.3 Å². The molecule has 2 N–H and O–H groups in total. The zero-order valence-electron chi connectivity index (χ0n) is 28.5. The molecular weight excluding hydrogens is 661 g/mol. The molecule has 0 atom stereocenters. The fraction of sp³-hybridized carbons (Fsp3) is 0.412. The molecule has 0 unspecified atom stereocenters. The highest BCUT2D eigenvalue weighted by Crippen LogP contribution is 2.36. The molecule has 0 radical (unpaired) electrons. The van der Waals surface area contributed by atoms with Crippen LogP contribution in [-0.4, -0.2) is 60.1 Å². The van der Waals surface area contributed by atoms with E-state index in [1.165, 1.54) is 24.3 Å². The number of hydrogen-bond acceptors (Lipinski definition) is 12. The van der Waals surface area contributed by atoms with E-state index in [4.69, 9.17) is 18.9 Å². The van der Waals surface area contributed by atoms with E-state index in [0.29, 0.717) is 11.1 Å². The van der Waals surface area contributed by atoms with E-state index in [0.717, 1.165) is 22.7 Å². The van der Waals surface area contributed by atoms with Gasteiger partial charge < -0.3 is 29.6 Å². The predicted octanol–water partition coefficient (Wildman–Crippen LogP) is 7.19. The third kappa shape index (κ3) is 9.28. The number of carbonyl (C=O) groups excluding carboxylic acids is 6. The molecule has 12 nitrogen and oxygen atoms in total. The van der Waals surface area contributed by atoms with Crippen LogP contribution in [0.5, 0.6) is 0 Å². The van der Waals surface area contributed by atoms with E-state index in [9.17, 15) is 28.8 Å². The van der Waals surface area contributed by atoms with Crippen molar-refractivity contribution in [1.29, 1.82) is 0 Å². The van der Waals surface area contributed by atoms with Crippen LogP contribution in [0.3, 0.4) is 0 Å². The summed E-state index contributed by atoms with van der Waals surface area (Å²) >= 11 is 1.76. The number of rotatable bonds is 12. The van der Waals surface area contributed by atoms with Crippen LogP contribution < -0.4 is 10.6 Å². The summed E-state index contributed by atoms with van der Waals surface area (Å²) in [5, 5.41) is 5.51. The van der Waals surface area contributed by atoms with Gasteiger partial charge in [0.2, 0.25) is 0 Å². The fourth-order valence-electron chi connectivity index (χ4n) is 4.32. The summed E-state index contributed by atoms with van der Waals surface area (Å²) in [6.07, 6.45) is -1.74. The minimum atomic E-state index is -0.722. The van der Waals surface area contributed by atoms with Crippen LogP contribution in [0.1, 0.15) is 127 Å². The summed E-state index contributed by atoms with van der Waals surface area (Å²) in [5.41, 5.74) is 0.765. The normalized spacial score (nSPS) is 11.1. The maximum absolute atomic E-state index is 13.5. The number of nitrogens with one attached hydrogen (secondary N) is 2. The second kappa shape index (κ2) is 16.0. The highest BCUT2D eigenvalue weighted by Gasteiger charge is 2.30. The van der Waals surface area contributed by atoms with Gasteiger partial charge in [-0.15, -0.1) is 22.7 Å². The zero-order valence-corrected chi connectivity index (χ0v) is 30.2. The first-order chi connectivity index (χ1) is 22.4. The molecule has 48 heavy (non-hydrogen) atoms. The summed E-state index contributed by atoms with van der Waals surface area (Å²) in [7, 11) is 0. The molecule has 2 aromatic heterocycles. The molecule has 14 heteroatoms. The van der Waals surface area contributed by atoms with Crippen molar-refractivity contribution < 1.29 is 47.7 Å². The Morgan fingerprint density at radius 1 is 0.542 bits per heavy atom. The summed E-state index contributed by atoms with van der Waals surface area (Å²) in [5.74, 6) is -4.07. The molecule has 1 aromatic carbocycles. The van der Waals surface area contributed by atoms with Gasteiger partial charge in [0.25, 0.3) is 11.8 Å². The minimum absolute atomic E-state index is 0.0207. The Morgan fingerprint density at radius 3 is 1.17 bits per heavy atom. The average molecular weight is 701 g/mol. The van der Waals surface area contributed by atoms with Crippen molar-refractivity contribution in [1.82, 2.24) is 0 Å². The van der Waals surface area contributed by atoms with Crippen LogP contribution in [0.2, 0.25) is 0 Å². The third-order valence-corrected chi connectivity index (χ3v) is 8.66. The minimum Gasteiger partial charge on any atom is -0.459 e. The first kappa shape index (κ1) is 37.9. The number of anilines is 2. The van der Waals surface area contributed by atoms with Crippen molar-refractivity contribution >= 4 is 68.4 Å². The van der Waals surface area contributed by atoms with Gasteiger partial charge in [-0.3, -0.25) is 9.59 Å². The molecule has 0 saturated heterocycles. The van der Waals surface area contributed by atoms with Crippen molar-refractivity contribution in [3.05, 3.63) is 67.4 Å². The summed E-state index contributed by atoms with van der Waals surface area (Å²) in [4.78, 5) is 78.7. The number of benzene rings is 1. The van der Waals surface area contributed by atoms with Gasteiger partial charge in [0, 0.05) is 11.1 Å². The van der Waals surface area contributed by atoms with Gasteiger partial charge in [0.1, 0.15) is 19.8 Å². The van der Waals surface area contributed by atoms with E-state index < -0.39 is 60.1 Å². The molecule has 3 aromatic rings. The van der Waals surface area contributed by atoms with E-state index in [2.05, 4.69) is 10.6 Å². The van der Waals surface area contributed by atoms with E-state index in [1.54, 1.807) is 69.2 Å². The number of esters is 4. The fourth-order valence-corrected chi connectivity index (χ4v) is 6.46. The van der Waals surface area contributed by atoms with Crippen LogP contribution in [0, 0.1) is 13.8 Å². The van der Waals surface area contributed by atoms with Crippen molar-refractivity contribution in [3.63, 3.8) is 0 Å². The molecule has 2 heterocycles. The zero-order chi connectivity index (χ0) is 36.0. The Labute approximate surface area is 287 Å².